The van der Waals surface area contributed by atoms with Crippen molar-refractivity contribution in [3.05, 3.63) is 58.9 Å². The van der Waals surface area contributed by atoms with Crippen LogP contribution in [0.3, 0.4) is 0 Å². The summed E-state index contributed by atoms with van der Waals surface area (Å²) in [6.07, 6.45) is -0.487. The molecule has 2 atom stereocenters. The Bertz CT molecular complexity index is 913. The topological polar surface area (TPSA) is 47.3 Å². The number of aliphatic hydroxyl groups excluding tert-OH is 1. The molecule has 0 bridgehead atoms. The fourth-order valence-electron chi connectivity index (χ4n) is 3.21. The molecule has 0 unspecified atom stereocenters. The molecule has 4 rings (SSSR count). The maximum atomic E-state index is 12.7. The van der Waals surface area contributed by atoms with E-state index >= 15 is 0 Å². The summed E-state index contributed by atoms with van der Waals surface area (Å²) in [7, 11) is 0. The number of nitrogens with zero attached hydrogens (tertiary/aromatic N) is 2. The molecule has 2 aromatic carbocycles. The van der Waals surface area contributed by atoms with Crippen LogP contribution in [0.2, 0.25) is 5.02 Å². The number of ether oxygens (including phenoxy) is 1. The van der Waals surface area contributed by atoms with E-state index in [0.717, 1.165) is 5.52 Å². The molecule has 0 amide bonds. The summed E-state index contributed by atoms with van der Waals surface area (Å²) in [5.41, 5.74) is 1.87. The lowest BCUT2D eigenvalue weighted by atomic mass is 10.0. The number of imidazole rings is 1. The van der Waals surface area contributed by atoms with Gasteiger partial charge in [0.05, 0.1) is 17.1 Å². The standard InChI is InChI=1S/C17H12ClF2N2O2/c18-9-5-6-11-13(7-9)22-12(8-14(23)16(22)21-11)10-3-1-2-4-15(10)24-17(19)20/h1-2,4-7,12,14,17,23H,8H2/t12-,14-/m1/s1. The monoisotopic (exact) mass is 349 g/mol. The Hall–Kier alpha value is -2.18. The van der Waals surface area contributed by atoms with Gasteiger partial charge in [-0.2, -0.15) is 8.78 Å². The Labute approximate surface area is 141 Å². The van der Waals surface area contributed by atoms with Crippen molar-refractivity contribution in [2.75, 3.05) is 0 Å². The van der Waals surface area contributed by atoms with Crippen LogP contribution in [0, 0.1) is 6.07 Å². The van der Waals surface area contributed by atoms with Gasteiger partial charge in [-0.15, -0.1) is 0 Å². The zero-order valence-electron chi connectivity index (χ0n) is 12.3. The first-order valence-corrected chi connectivity index (χ1v) is 7.73. The predicted octanol–water partition coefficient (Wildman–Crippen LogP) is 4.12. The molecule has 1 aliphatic heterocycles. The summed E-state index contributed by atoms with van der Waals surface area (Å²) in [6, 6.07) is 12.5. The third-order valence-corrected chi connectivity index (χ3v) is 4.37. The molecule has 4 nitrogen and oxygen atoms in total. The van der Waals surface area contributed by atoms with E-state index in [2.05, 4.69) is 15.8 Å². The fourth-order valence-corrected chi connectivity index (χ4v) is 3.38. The molecule has 0 aliphatic carbocycles. The Kier molecular flexibility index (Phi) is 3.66. The van der Waals surface area contributed by atoms with Gasteiger partial charge in [-0.1, -0.05) is 23.7 Å². The molecule has 7 heteroatoms. The van der Waals surface area contributed by atoms with Gasteiger partial charge in [0, 0.05) is 17.0 Å². The Morgan fingerprint density at radius 3 is 3.00 bits per heavy atom. The Balaban J connectivity index is 1.89. The molecule has 123 valence electrons. The van der Waals surface area contributed by atoms with Crippen LogP contribution in [-0.2, 0) is 0 Å². The number of aromatic nitrogens is 2. The van der Waals surface area contributed by atoms with Crippen LogP contribution in [0.4, 0.5) is 8.78 Å². The van der Waals surface area contributed by atoms with E-state index in [1.54, 1.807) is 30.3 Å². The van der Waals surface area contributed by atoms with E-state index in [9.17, 15) is 13.9 Å². The molecule has 1 aromatic heterocycles. The highest BCUT2D eigenvalue weighted by atomic mass is 35.5. The van der Waals surface area contributed by atoms with E-state index in [-0.39, 0.29) is 5.75 Å². The average Bonchev–Trinajstić information content (AvgIpc) is 3.05. The molecule has 1 N–H and O–H groups in total. The van der Waals surface area contributed by atoms with Crippen LogP contribution in [0.5, 0.6) is 5.75 Å². The van der Waals surface area contributed by atoms with E-state index in [4.69, 9.17) is 11.6 Å². The first-order chi connectivity index (χ1) is 11.5. The normalized spacial score (nSPS) is 19.9. The largest absolute Gasteiger partial charge is 0.434 e. The smallest absolute Gasteiger partial charge is 0.387 e. The summed E-state index contributed by atoms with van der Waals surface area (Å²) in [5.74, 6) is 0.527. The van der Waals surface area contributed by atoms with Gasteiger partial charge in [-0.3, -0.25) is 0 Å². The van der Waals surface area contributed by atoms with Crippen molar-refractivity contribution in [2.45, 2.75) is 25.2 Å². The molecule has 0 fully saturated rings. The number of fused-ring (bicyclic) bond motifs is 3. The summed E-state index contributed by atoms with van der Waals surface area (Å²) >= 11 is 6.07. The maximum absolute atomic E-state index is 12.7. The lowest BCUT2D eigenvalue weighted by Crippen LogP contribution is -2.10. The molecule has 2 heterocycles. The lowest BCUT2D eigenvalue weighted by molar-refractivity contribution is -0.0507. The minimum atomic E-state index is -2.93. The van der Waals surface area contributed by atoms with E-state index in [0.29, 0.717) is 28.3 Å². The van der Waals surface area contributed by atoms with Crippen molar-refractivity contribution in [1.82, 2.24) is 9.55 Å². The molecule has 0 saturated carbocycles. The molecule has 0 spiro atoms. The van der Waals surface area contributed by atoms with Crippen LogP contribution < -0.4 is 4.74 Å². The summed E-state index contributed by atoms with van der Waals surface area (Å²) < 4.78 is 31.8. The van der Waals surface area contributed by atoms with Crippen LogP contribution in [0.15, 0.2) is 36.4 Å². The van der Waals surface area contributed by atoms with Crippen molar-refractivity contribution in [3.8, 4) is 5.75 Å². The first kappa shape index (κ1) is 15.4. The zero-order chi connectivity index (χ0) is 16.8. The third-order valence-electron chi connectivity index (χ3n) is 4.13. The van der Waals surface area contributed by atoms with Crippen LogP contribution in [-0.4, -0.2) is 21.3 Å². The minimum absolute atomic E-state index is 0.0430. The number of halogens is 3. The minimum Gasteiger partial charge on any atom is -0.434 e. The summed E-state index contributed by atoms with van der Waals surface area (Å²) in [4.78, 5) is 4.43. The van der Waals surface area contributed by atoms with Crippen LogP contribution in [0.1, 0.15) is 30.0 Å². The van der Waals surface area contributed by atoms with Gasteiger partial charge in [-0.25, -0.2) is 4.98 Å². The number of rotatable bonds is 3. The van der Waals surface area contributed by atoms with E-state index in [1.165, 1.54) is 6.07 Å². The highest BCUT2D eigenvalue weighted by Gasteiger charge is 2.35. The predicted molar refractivity (Wildman–Crippen MR) is 84.4 cm³/mol. The molecule has 3 aromatic rings. The van der Waals surface area contributed by atoms with Gasteiger partial charge < -0.3 is 14.4 Å². The first-order valence-electron chi connectivity index (χ1n) is 7.35. The Morgan fingerprint density at radius 2 is 2.21 bits per heavy atom. The number of alkyl halides is 2. The van der Waals surface area contributed by atoms with Gasteiger partial charge >= 0.3 is 6.61 Å². The van der Waals surface area contributed by atoms with Gasteiger partial charge in [-0.05, 0) is 30.3 Å². The van der Waals surface area contributed by atoms with Gasteiger partial charge in [0.25, 0.3) is 0 Å². The Morgan fingerprint density at radius 1 is 1.38 bits per heavy atom. The maximum Gasteiger partial charge on any atom is 0.387 e. The van der Waals surface area contributed by atoms with Gasteiger partial charge in [0.2, 0.25) is 0 Å². The number of hydrogen-bond acceptors (Lipinski definition) is 3. The molecule has 24 heavy (non-hydrogen) atoms. The number of hydrogen-bond donors (Lipinski definition) is 1. The summed E-state index contributed by atoms with van der Waals surface area (Å²) in [5, 5.41) is 10.9. The van der Waals surface area contributed by atoms with Crippen molar-refractivity contribution in [2.24, 2.45) is 0 Å². The second-order valence-electron chi connectivity index (χ2n) is 5.57. The van der Waals surface area contributed by atoms with Gasteiger partial charge in [0.15, 0.2) is 0 Å². The highest BCUT2D eigenvalue weighted by molar-refractivity contribution is 6.31. The van der Waals surface area contributed by atoms with Crippen LogP contribution in [0.25, 0.3) is 11.0 Å². The molecular weight excluding hydrogens is 338 g/mol. The van der Waals surface area contributed by atoms with Crippen molar-refractivity contribution >= 4 is 22.6 Å². The van der Waals surface area contributed by atoms with Crippen LogP contribution >= 0.6 is 11.6 Å². The SMILES string of the molecule is O[C@@H]1C[C@H](c2[c]cccc2OC(F)F)n2c1nc1ccc(Cl)cc12. The quantitative estimate of drug-likeness (QED) is 0.773. The molecule has 0 saturated heterocycles. The molecule has 1 radical (unpaired) electrons. The third kappa shape index (κ3) is 2.42. The van der Waals surface area contributed by atoms with Crippen molar-refractivity contribution < 1.29 is 18.6 Å². The second-order valence-corrected chi connectivity index (χ2v) is 6.00. The second kappa shape index (κ2) is 5.72. The van der Waals surface area contributed by atoms with E-state index < -0.39 is 18.8 Å². The van der Waals surface area contributed by atoms with Crippen molar-refractivity contribution in [3.63, 3.8) is 0 Å². The summed E-state index contributed by atoms with van der Waals surface area (Å²) in [6.45, 7) is -2.93. The fraction of sp³-hybridized carbons (Fsp3) is 0.235. The molecule has 1 aliphatic rings. The van der Waals surface area contributed by atoms with Gasteiger partial charge in [0.1, 0.15) is 17.7 Å². The highest BCUT2D eigenvalue weighted by Crippen LogP contribution is 2.44. The average molecular weight is 350 g/mol. The van der Waals surface area contributed by atoms with Crippen molar-refractivity contribution in [1.29, 1.82) is 0 Å². The lowest BCUT2D eigenvalue weighted by Gasteiger charge is -2.18. The van der Waals surface area contributed by atoms with E-state index in [1.807, 2.05) is 4.57 Å². The number of aliphatic hydroxyl groups is 1. The number of benzene rings is 2. The zero-order valence-corrected chi connectivity index (χ0v) is 13.0. The molecular formula is C17H12ClF2N2O2.